The first kappa shape index (κ1) is 22.5. The van der Waals surface area contributed by atoms with Crippen LogP contribution in [0, 0.1) is 5.41 Å². The highest BCUT2D eigenvalue weighted by atomic mass is 16.5. The molecular formula is C29H26N4O2. The maximum absolute atomic E-state index is 13.7. The molecule has 1 N–H and O–H groups in total. The average Bonchev–Trinajstić information content (AvgIpc) is 3.36. The minimum absolute atomic E-state index is 0.222. The van der Waals surface area contributed by atoms with Crippen LogP contribution in [-0.4, -0.2) is 21.0 Å². The normalized spacial score (nSPS) is 12.4. The predicted octanol–water partition coefficient (Wildman–Crippen LogP) is 6.47. The highest BCUT2D eigenvalue weighted by molar-refractivity contribution is 6.07. The SMILES string of the molecule is CC(C)(C)C(NC(=O)c1cc(-c2ccccc2)nc2ccccc12)c1nc(-c2ccccc2)no1. The van der Waals surface area contributed by atoms with Gasteiger partial charge in [-0.1, -0.05) is 105 Å². The van der Waals surface area contributed by atoms with Crippen LogP contribution in [0.5, 0.6) is 0 Å². The number of pyridine rings is 1. The molecule has 0 aliphatic heterocycles. The Bertz CT molecular complexity index is 1470. The average molecular weight is 463 g/mol. The van der Waals surface area contributed by atoms with Crippen molar-refractivity contribution in [2.24, 2.45) is 5.41 Å². The Kier molecular flexibility index (Phi) is 5.87. The molecular weight excluding hydrogens is 436 g/mol. The monoisotopic (exact) mass is 462 g/mol. The molecule has 0 saturated carbocycles. The van der Waals surface area contributed by atoms with E-state index in [-0.39, 0.29) is 11.3 Å². The van der Waals surface area contributed by atoms with Crippen molar-refractivity contribution in [2.45, 2.75) is 26.8 Å². The number of hydrogen-bond acceptors (Lipinski definition) is 5. The topological polar surface area (TPSA) is 80.9 Å². The fourth-order valence-electron chi connectivity index (χ4n) is 4.03. The van der Waals surface area contributed by atoms with Gasteiger partial charge in [-0.05, 0) is 17.5 Å². The second-order valence-corrected chi connectivity index (χ2v) is 9.53. The molecule has 0 bridgehead atoms. The lowest BCUT2D eigenvalue weighted by Crippen LogP contribution is -2.37. The Labute approximate surface area is 204 Å². The van der Waals surface area contributed by atoms with Gasteiger partial charge in [-0.25, -0.2) is 4.98 Å². The number of rotatable bonds is 5. The summed E-state index contributed by atoms with van der Waals surface area (Å²) in [7, 11) is 0. The molecule has 1 amide bonds. The second-order valence-electron chi connectivity index (χ2n) is 9.53. The number of carbonyl (C=O) groups is 1. The van der Waals surface area contributed by atoms with Gasteiger partial charge in [0, 0.05) is 16.5 Å². The lowest BCUT2D eigenvalue weighted by atomic mass is 9.86. The summed E-state index contributed by atoms with van der Waals surface area (Å²) in [5.74, 6) is 0.635. The van der Waals surface area contributed by atoms with Crippen LogP contribution in [0.3, 0.4) is 0 Å². The molecule has 0 spiro atoms. The number of benzene rings is 3. The van der Waals surface area contributed by atoms with E-state index < -0.39 is 6.04 Å². The van der Waals surface area contributed by atoms with Crippen LogP contribution in [0.15, 0.2) is 95.5 Å². The molecule has 1 atom stereocenters. The number of hydrogen-bond donors (Lipinski definition) is 1. The Balaban J connectivity index is 1.53. The van der Waals surface area contributed by atoms with Crippen LogP contribution in [0.4, 0.5) is 0 Å². The Morgan fingerprint density at radius 2 is 1.46 bits per heavy atom. The van der Waals surface area contributed by atoms with Crippen molar-refractivity contribution in [1.29, 1.82) is 0 Å². The number of carbonyl (C=O) groups excluding carboxylic acids is 1. The molecule has 0 aliphatic rings. The smallest absolute Gasteiger partial charge is 0.252 e. The predicted molar refractivity (Wildman–Crippen MR) is 137 cm³/mol. The number of fused-ring (bicyclic) bond motifs is 1. The molecule has 5 rings (SSSR count). The lowest BCUT2D eigenvalue weighted by molar-refractivity contribution is 0.0882. The molecule has 35 heavy (non-hydrogen) atoms. The number of nitrogens with one attached hydrogen (secondary N) is 1. The third-order valence-corrected chi connectivity index (χ3v) is 5.89. The van der Waals surface area contributed by atoms with Crippen LogP contribution >= 0.6 is 0 Å². The van der Waals surface area contributed by atoms with Crippen molar-refractivity contribution in [1.82, 2.24) is 20.4 Å². The number of nitrogens with zero attached hydrogens (tertiary/aromatic N) is 3. The van der Waals surface area contributed by atoms with E-state index in [1.54, 1.807) is 0 Å². The summed E-state index contributed by atoms with van der Waals surface area (Å²) < 4.78 is 5.64. The summed E-state index contributed by atoms with van der Waals surface area (Å²) in [5.41, 5.74) is 3.48. The van der Waals surface area contributed by atoms with Gasteiger partial charge >= 0.3 is 0 Å². The van der Waals surface area contributed by atoms with E-state index >= 15 is 0 Å². The van der Waals surface area contributed by atoms with Crippen LogP contribution in [0.1, 0.15) is 43.1 Å². The van der Waals surface area contributed by atoms with Crippen LogP contribution in [-0.2, 0) is 0 Å². The molecule has 6 heteroatoms. The second kappa shape index (κ2) is 9.14. The van der Waals surface area contributed by atoms with Gasteiger partial charge in [0.15, 0.2) is 0 Å². The zero-order valence-electron chi connectivity index (χ0n) is 19.9. The molecule has 6 nitrogen and oxygen atoms in total. The molecule has 0 aliphatic carbocycles. The fourth-order valence-corrected chi connectivity index (χ4v) is 4.03. The quantitative estimate of drug-likeness (QED) is 0.324. The van der Waals surface area contributed by atoms with E-state index in [0.29, 0.717) is 17.3 Å². The van der Waals surface area contributed by atoms with E-state index in [9.17, 15) is 4.79 Å². The molecule has 0 fully saturated rings. The highest BCUT2D eigenvalue weighted by Crippen LogP contribution is 2.34. The standard InChI is InChI=1S/C29H26N4O2/c1-29(2,3)25(28-32-26(33-35-28)20-14-8-5-9-15-20)31-27(34)22-18-24(19-12-6-4-7-13-19)30-23-17-11-10-16-21(22)23/h4-18,25H,1-3H3,(H,31,34). The fraction of sp³-hybridized carbons (Fsp3) is 0.172. The van der Waals surface area contributed by atoms with Gasteiger partial charge in [-0.15, -0.1) is 0 Å². The van der Waals surface area contributed by atoms with Crippen molar-refractivity contribution in [3.63, 3.8) is 0 Å². The minimum Gasteiger partial charge on any atom is -0.340 e. The molecule has 174 valence electrons. The summed E-state index contributed by atoms with van der Waals surface area (Å²) >= 11 is 0. The van der Waals surface area contributed by atoms with Crippen molar-refractivity contribution in [2.75, 3.05) is 0 Å². The zero-order chi connectivity index (χ0) is 24.4. The van der Waals surface area contributed by atoms with Crippen molar-refractivity contribution >= 4 is 16.8 Å². The van der Waals surface area contributed by atoms with Crippen molar-refractivity contribution < 1.29 is 9.32 Å². The van der Waals surface area contributed by atoms with Crippen molar-refractivity contribution in [3.8, 4) is 22.6 Å². The highest BCUT2D eigenvalue weighted by Gasteiger charge is 2.33. The van der Waals surface area contributed by atoms with E-state index in [1.165, 1.54) is 0 Å². The molecule has 2 aromatic heterocycles. The summed E-state index contributed by atoms with van der Waals surface area (Å²) in [6.07, 6.45) is 0. The molecule has 0 radical (unpaired) electrons. The molecule has 5 aromatic rings. The van der Waals surface area contributed by atoms with Gasteiger partial charge in [0.2, 0.25) is 11.7 Å². The Hall–Kier alpha value is -4.32. The molecule has 1 unspecified atom stereocenters. The number of amides is 1. The maximum Gasteiger partial charge on any atom is 0.252 e. The lowest BCUT2D eigenvalue weighted by Gasteiger charge is -2.28. The number of aromatic nitrogens is 3. The Morgan fingerprint density at radius 3 is 2.14 bits per heavy atom. The van der Waals surface area contributed by atoms with Gasteiger partial charge < -0.3 is 9.84 Å². The van der Waals surface area contributed by atoms with Gasteiger partial charge in [0.05, 0.1) is 16.8 Å². The van der Waals surface area contributed by atoms with Gasteiger partial charge in [-0.3, -0.25) is 4.79 Å². The van der Waals surface area contributed by atoms with Gasteiger partial charge in [0.1, 0.15) is 6.04 Å². The van der Waals surface area contributed by atoms with Crippen LogP contribution in [0.2, 0.25) is 0 Å². The first-order chi connectivity index (χ1) is 16.9. The summed E-state index contributed by atoms with van der Waals surface area (Å²) in [6, 6.07) is 28.5. The molecule has 0 saturated heterocycles. The summed E-state index contributed by atoms with van der Waals surface area (Å²) in [6.45, 7) is 6.10. The first-order valence-electron chi connectivity index (χ1n) is 11.6. The first-order valence-corrected chi connectivity index (χ1v) is 11.6. The molecule has 3 aromatic carbocycles. The van der Waals surface area contributed by atoms with E-state index in [1.807, 2.05) is 112 Å². The third-order valence-electron chi connectivity index (χ3n) is 5.89. The third kappa shape index (κ3) is 4.68. The maximum atomic E-state index is 13.7. The van der Waals surface area contributed by atoms with Gasteiger partial charge in [-0.2, -0.15) is 4.98 Å². The van der Waals surface area contributed by atoms with Crippen molar-refractivity contribution in [3.05, 3.63) is 102 Å². The molecule has 2 heterocycles. The van der Waals surface area contributed by atoms with E-state index in [2.05, 4.69) is 15.5 Å². The Morgan fingerprint density at radius 1 is 0.829 bits per heavy atom. The van der Waals surface area contributed by atoms with Crippen LogP contribution in [0.25, 0.3) is 33.5 Å². The summed E-state index contributed by atoms with van der Waals surface area (Å²) in [5, 5.41) is 8.10. The van der Waals surface area contributed by atoms with Crippen LogP contribution < -0.4 is 5.32 Å². The summed E-state index contributed by atoms with van der Waals surface area (Å²) in [4.78, 5) is 23.1. The zero-order valence-corrected chi connectivity index (χ0v) is 19.9. The van der Waals surface area contributed by atoms with E-state index in [0.717, 1.165) is 27.7 Å². The largest absolute Gasteiger partial charge is 0.340 e. The number of para-hydroxylation sites is 1. The van der Waals surface area contributed by atoms with E-state index in [4.69, 9.17) is 9.51 Å². The minimum atomic E-state index is -0.493. The van der Waals surface area contributed by atoms with Gasteiger partial charge in [0.25, 0.3) is 5.91 Å².